The van der Waals surface area contributed by atoms with Gasteiger partial charge >= 0.3 is 0 Å². The van der Waals surface area contributed by atoms with Gasteiger partial charge in [0.05, 0.1) is 37.5 Å². The lowest BCUT2D eigenvalue weighted by Gasteiger charge is -2.16. The van der Waals surface area contributed by atoms with E-state index in [1.165, 1.54) is 0 Å². The lowest BCUT2D eigenvalue weighted by molar-refractivity contribution is 0.407. The van der Waals surface area contributed by atoms with Crippen LogP contribution >= 0.6 is 0 Å². The van der Waals surface area contributed by atoms with Crippen LogP contribution in [0.4, 0.5) is 0 Å². The highest BCUT2D eigenvalue weighted by molar-refractivity contribution is 5.95. The highest BCUT2D eigenvalue weighted by Crippen LogP contribution is 2.38. The zero-order valence-electron chi connectivity index (χ0n) is 18.1. The maximum absolute atomic E-state index is 9.03. The summed E-state index contributed by atoms with van der Waals surface area (Å²) < 4.78 is 11.6. The molecule has 156 valence electrons. The maximum Gasteiger partial charge on any atom is 0.130 e. The molecular formula is C28H22N2O2. The highest BCUT2D eigenvalue weighted by Gasteiger charge is 2.15. The van der Waals surface area contributed by atoms with Crippen LogP contribution in [-0.2, 0) is 12.8 Å². The maximum atomic E-state index is 9.03. The first-order valence-electron chi connectivity index (χ1n) is 10.3. The van der Waals surface area contributed by atoms with Crippen molar-refractivity contribution in [1.82, 2.24) is 0 Å². The van der Waals surface area contributed by atoms with E-state index < -0.39 is 0 Å². The van der Waals surface area contributed by atoms with Crippen molar-refractivity contribution in [2.45, 2.75) is 12.8 Å². The van der Waals surface area contributed by atoms with Crippen LogP contribution in [0.5, 0.6) is 11.5 Å². The van der Waals surface area contributed by atoms with Crippen molar-refractivity contribution in [2.24, 2.45) is 0 Å². The average Bonchev–Trinajstić information content (AvgIpc) is 2.84. The van der Waals surface area contributed by atoms with Gasteiger partial charge in [0.25, 0.3) is 0 Å². The van der Waals surface area contributed by atoms with Crippen LogP contribution in [0.2, 0.25) is 0 Å². The second-order valence-electron chi connectivity index (χ2n) is 7.62. The fourth-order valence-corrected chi connectivity index (χ4v) is 3.97. The summed E-state index contributed by atoms with van der Waals surface area (Å²) in [4.78, 5) is 0. The molecule has 0 spiro atoms. The number of methoxy groups -OCH3 is 2. The molecule has 0 amide bonds. The number of rotatable bonds is 6. The fraction of sp³-hybridized carbons (Fsp3) is 0.143. The van der Waals surface area contributed by atoms with Crippen molar-refractivity contribution in [3.8, 4) is 23.6 Å². The Morgan fingerprint density at radius 3 is 1.72 bits per heavy atom. The highest BCUT2D eigenvalue weighted by atomic mass is 16.5. The summed E-state index contributed by atoms with van der Waals surface area (Å²) >= 11 is 0. The molecule has 4 aromatic rings. The van der Waals surface area contributed by atoms with Crippen LogP contribution in [-0.4, -0.2) is 14.2 Å². The lowest BCUT2D eigenvalue weighted by Crippen LogP contribution is -1.98. The van der Waals surface area contributed by atoms with Crippen molar-refractivity contribution in [1.29, 1.82) is 10.5 Å². The van der Waals surface area contributed by atoms with Crippen molar-refractivity contribution >= 4 is 10.8 Å². The van der Waals surface area contributed by atoms with E-state index in [2.05, 4.69) is 30.3 Å². The molecule has 4 nitrogen and oxygen atoms in total. The van der Waals surface area contributed by atoms with Gasteiger partial charge in [-0.15, -0.1) is 0 Å². The Morgan fingerprint density at radius 2 is 1.19 bits per heavy atom. The molecule has 0 saturated carbocycles. The Labute approximate surface area is 187 Å². The van der Waals surface area contributed by atoms with Gasteiger partial charge in [-0.25, -0.2) is 0 Å². The predicted molar refractivity (Wildman–Crippen MR) is 125 cm³/mol. The van der Waals surface area contributed by atoms with Gasteiger partial charge in [0.2, 0.25) is 0 Å². The first-order chi connectivity index (χ1) is 15.6. The normalized spacial score (nSPS) is 10.4. The fourth-order valence-electron chi connectivity index (χ4n) is 3.97. The summed E-state index contributed by atoms with van der Waals surface area (Å²) in [5.41, 5.74) is 5.73. The SMILES string of the molecule is COc1cc(Cc2ccc(C#N)cc2)c(OC)c2ccc(Cc3ccc(C#N)cc3)cc12. The van der Waals surface area contributed by atoms with Crippen molar-refractivity contribution in [3.63, 3.8) is 0 Å². The Hall–Kier alpha value is -4.28. The van der Waals surface area contributed by atoms with Crippen molar-refractivity contribution in [2.75, 3.05) is 14.2 Å². The molecule has 0 heterocycles. The Bertz CT molecular complexity index is 1340. The van der Waals surface area contributed by atoms with E-state index >= 15 is 0 Å². The standard InChI is InChI=1S/C28H22N2O2/c1-31-27-16-24(14-20-5-9-22(18-30)10-6-20)28(32-2)25-12-11-23(15-26(25)27)13-19-3-7-21(17-29)8-4-19/h3-12,15-16H,13-14H2,1-2H3. The van der Waals surface area contributed by atoms with Gasteiger partial charge in [-0.1, -0.05) is 36.4 Å². The van der Waals surface area contributed by atoms with Gasteiger partial charge in [0.15, 0.2) is 0 Å². The van der Waals surface area contributed by atoms with Crippen LogP contribution in [0.25, 0.3) is 10.8 Å². The van der Waals surface area contributed by atoms with Crippen LogP contribution < -0.4 is 9.47 Å². The number of nitrogens with zero attached hydrogens (tertiary/aromatic N) is 2. The second kappa shape index (κ2) is 9.25. The molecule has 0 bridgehead atoms. The van der Waals surface area contributed by atoms with Crippen LogP contribution in [0.15, 0.2) is 72.8 Å². The van der Waals surface area contributed by atoms with E-state index in [4.69, 9.17) is 20.0 Å². The molecule has 0 aliphatic heterocycles. The summed E-state index contributed by atoms with van der Waals surface area (Å²) in [5, 5.41) is 20.0. The molecule has 4 heteroatoms. The summed E-state index contributed by atoms with van der Waals surface area (Å²) in [6, 6.07) is 27.9. The van der Waals surface area contributed by atoms with E-state index in [1.807, 2.05) is 54.6 Å². The number of fused-ring (bicyclic) bond motifs is 1. The predicted octanol–water partition coefficient (Wildman–Crippen LogP) is 5.78. The topological polar surface area (TPSA) is 66.0 Å². The third kappa shape index (κ3) is 4.26. The zero-order valence-corrected chi connectivity index (χ0v) is 18.1. The smallest absolute Gasteiger partial charge is 0.130 e. The molecule has 4 rings (SSSR count). The molecular weight excluding hydrogens is 396 g/mol. The van der Waals surface area contributed by atoms with E-state index in [0.717, 1.165) is 50.9 Å². The number of hydrogen-bond acceptors (Lipinski definition) is 4. The molecule has 0 aliphatic rings. The van der Waals surface area contributed by atoms with Gasteiger partial charge in [-0.3, -0.25) is 0 Å². The van der Waals surface area contributed by atoms with Gasteiger partial charge in [0.1, 0.15) is 11.5 Å². The first-order valence-corrected chi connectivity index (χ1v) is 10.3. The number of hydrogen-bond donors (Lipinski definition) is 0. The number of nitriles is 2. The Morgan fingerprint density at radius 1 is 0.625 bits per heavy atom. The molecule has 4 aromatic carbocycles. The lowest BCUT2D eigenvalue weighted by atomic mass is 9.95. The largest absolute Gasteiger partial charge is 0.496 e. The van der Waals surface area contributed by atoms with Crippen LogP contribution in [0.1, 0.15) is 33.4 Å². The minimum atomic E-state index is 0.645. The van der Waals surface area contributed by atoms with Gasteiger partial charge in [-0.2, -0.15) is 10.5 Å². The first kappa shape index (κ1) is 21.0. The summed E-state index contributed by atoms with van der Waals surface area (Å²) in [6.45, 7) is 0. The van der Waals surface area contributed by atoms with Crippen LogP contribution in [0.3, 0.4) is 0 Å². The van der Waals surface area contributed by atoms with Crippen molar-refractivity contribution in [3.05, 3.63) is 106 Å². The van der Waals surface area contributed by atoms with E-state index in [9.17, 15) is 0 Å². The minimum Gasteiger partial charge on any atom is -0.496 e. The molecule has 0 fully saturated rings. The summed E-state index contributed by atoms with van der Waals surface area (Å²) in [6.07, 6.45) is 1.44. The van der Waals surface area contributed by atoms with Crippen LogP contribution in [0, 0.1) is 22.7 Å². The number of benzene rings is 4. The van der Waals surface area contributed by atoms with Gasteiger partial charge in [-0.05, 0) is 59.5 Å². The molecule has 0 aromatic heterocycles. The zero-order chi connectivity index (χ0) is 22.5. The third-order valence-electron chi connectivity index (χ3n) is 5.58. The molecule has 0 N–H and O–H groups in total. The monoisotopic (exact) mass is 418 g/mol. The molecule has 0 saturated heterocycles. The third-order valence-corrected chi connectivity index (χ3v) is 5.58. The van der Waals surface area contributed by atoms with Gasteiger partial charge < -0.3 is 9.47 Å². The minimum absolute atomic E-state index is 0.645. The van der Waals surface area contributed by atoms with E-state index in [0.29, 0.717) is 17.5 Å². The summed E-state index contributed by atoms with van der Waals surface area (Å²) in [7, 11) is 3.37. The van der Waals surface area contributed by atoms with E-state index in [-0.39, 0.29) is 0 Å². The molecule has 0 aliphatic carbocycles. The molecule has 32 heavy (non-hydrogen) atoms. The Balaban J connectivity index is 1.72. The quantitative estimate of drug-likeness (QED) is 0.398. The molecule has 0 radical (unpaired) electrons. The number of ether oxygens (including phenoxy) is 2. The Kier molecular flexibility index (Phi) is 6.06. The average molecular weight is 418 g/mol. The molecule has 0 atom stereocenters. The van der Waals surface area contributed by atoms with Gasteiger partial charge in [0, 0.05) is 22.8 Å². The van der Waals surface area contributed by atoms with E-state index in [1.54, 1.807) is 14.2 Å². The van der Waals surface area contributed by atoms with Crippen molar-refractivity contribution < 1.29 is 9.47 Å². The second-order valence-corrected chi connectivity index (χ2v) is 7.62. The molecule has 0 unspecified atom stereocenters. The summed E-state index contributed by atoms with van der Waals surface area (Å²) in [5.74, 6) is 1.63.